The van der Waals surface area contributed by atoms with E-state index in [1.165, 1.54) is 0 Å². The summed E-state index contributed by atoms with van der Waals surface area (Å²) in [5, 5.41) is 2.89. The summed E-state index contributed by atoms with van der Waals surface area (Å²) in [5.74, 6) is 0. The fourth-order valence-corrected chi connectivity index (χ4v) is 1.44. The lowest BCUT2D eigenvalue weighted by molar-refractivity contribution is 0.209. The molecule has 4 nitrogen and oxygen atoms in total. The molecule has 1 N–H and O–H groups in total. The molecule has 0 spiro atoms. The highest BCUT2D eigenvalue weighted by atomic mass is 16.2. The number of likely N-dealkylation sites (N-methyl/N-ethyl adjacent to an activating group) is 1. The molecule has 1 rings (SSSR count). The number of carbonyl (C=O) groups is 1. The van der Waals surface area contributed by atoms with Crippen LogP contribution in [-0.4, -0.2) is 36.1 Å². The minimum Gasteiger partial charge on any atom is -0.338 e. The first kappa shape index (κ1) is 13.5. The van der Waals surface area contributed by atoms with Crippen LogP contribution in [0.15, 0.2) is 24.4 Å². The van der Waals surface area contributed by atoms with Gasteiger partial charge >= 0.3 is 6.03 Å². The van der Waals surface area contributed by atoms with Crippen LogP contribution in [0.3, 0.4) is 0 Å². The molecule has 0 fully saturated rings. The van der Waals surface area contributed by atoms with Gasteiger partial charge in [-0.1, -0.05) is 19.4 Å². The molecule has 94 valence electrons. The molecule has 0 saturated heterocycles. The van der Waals surface area contributed by atoms with Gasteiger partial charge in [-0.3, -0.25) is 4.98 Å². The average molecular weight is 235 g/mol. The Morgan fingerprint density at radius 3 is 2.94 bits per heavy atom. The molecule has 0 bridgehead atoms. The van der Waals surface area contributed by atoms with Gasteiger partial charge in [0.1, 0.15) is 0 Å². The second kappa shape index (κ2) is 7.65. The van der Waals surface area contributed by atoms with Gasteiger partial charge in [-0.25, -0.2) is 4.79 Å². The number of nitrogens with one attached hydrogen (secondary N) is 1. The number of rotatable bonds is 6. The van der Waals surface area contributed by atoms with Crippen LogP contribution in [0.25, 0.3) is 0 Å². The first-order valence-electron chi connectivity index (χ1n) is 6.13. The summed E-state index contributed by atoms with van der Waals surface area (Å²) in [6.45, 7) is 3.55. The highest BCUT2D eigenvalue weighted by Gasteiger charge is 2.07. The van der Waals surface area contributed by atoms with Gasteiger partial charge in [-0.15, -0.1) is 0 Å². The summed E-state index contributed by atoms with van der Waals surface area (Å²) in [5.41, 5.74) is 1.01. The van der Waals surface area contributed by atoms with Crippen molar-refractivity contribution in [2.24, 2.45) is 0 Å². The summed E-state index contributed by atoms with van der Waals surface area (Å²) in [4.78, 5) is 17.6. The fourth-order valence-electron chi connectivity index (χ4n) is 1.44. The van der Waals surface area contributed by atoms with E-state index < -0.39 is 0 Å². The van der Waals surface area contributed by atoms with E-state index in [9.17, 15) is 4.79 Å². The standard InChI is InChI=1S/C13H21N3O/c1-3-4-9-15-13(17)16(2)11-8-12-7-5-6-10-14-12/h5-7,10H,3-4,8-9,11H2,1-2H3,(H,15,17). The molecule has 0 aliphatic heterocycles. The van der Waals surface area contributed by atoms with E-state index in [1.54, 1.807) is 11.1 Å². The summed E-state index contributed by atoms with van der Waals surface area (Å²) >= 11 is 0. The zero-order chi connectivity index (χ0) is 12.5. The number of aromatic nitrogens is 1. The number of urea groups is 1. The van der Waals surface area contributed by atoms with Gasteiger partial charge in [-0.2, -0.15) is 0 Å². The number of pyridine rings is 1. The molecule has 0 aliphatic carbocycles. The molecule has 1 aromatic heterocycles. The molecule has 1 aromatic rings. The Morgan fingerprint density at radius 1 is 1.47 bits per heavy atom. The summed E-state index contributed by atoms with van der Waals surface area (Å²) < 4.78 is 0. The Bertz CT molecular complexity index is 327. The van der Waals surface area contributed by atoms with Gasteiger partial charge in [0, 0.05) is 38.4 Å². The minimum atomic E-state index is -0.00520. The molecule has 1 heterocycles. The third kappa shape index (κ3) is 5.33. The van der Waals surface area contributed by atoms with Gasteiger partial charge in [0.25, 0.3) is 0 Å². The van der Waals surface area contributed by atoms with Crippen molar-refractivity contribution in [3.05, 3.63) is 30.1 Å². The predicted octanol–water partition coefficient (Wildman–Crippen LogP) is 2.07. The minimum absolute atomic E-state index is 0.00520. The van der Waals surface area contributed by atoms with E-state index in [0.29, 0.717) is 6.54 Å². The maximum absolute atomic E-state index is 11.6. The van der Waals surface area contributed by atoms with E-state index >= 15 is 0 Å². The van der Waals surface area contributed by atoms with Crippen molar-refractivity contribution in [3.8, 4) is 0 Å². The molecule has 0 aromatic carbocycles. The Kier molecular flexibility index (Phi) is 6.07. The Morgan fingerprint density at radius 2 is 2.29 bits per heavy atom. The molecule has 17 heavy (non-hydrogen) atoms. The summed E-state index contributed by atoms with van der Waals surface area (Å²) in [6, 6.07) is 5.83. The van der Waals surface area contributed by atoms with Crippen molar-refractivity contribution in [2.45, 2.75) is 26.2 Å². The fraction of sp³-hybridized carbons (Fsp3) is 0.538. The van der Waals surface area contributed by atoms with Crippen molar-refractivity contribution in [2.75, 3.05) is 20.1 Å². The zero-order valence-electron chi connectivity index (χ0n) is 10.6. The molecule has 0 atom stereocenters. The van der Waals surface area contributed by atoms with Crippen LogP contribution < -0.4 is 5.32 Å². The number of unbranched alkanes of at least 4 members (excludes halogenated alkanes) is 1. The van der Waals surface area contributed by atoms with Crippen LogP contribution in [0.1, 0.15) is 25.5 Å². The first-order valence-corrected chi connectivity index (χ1v) is 6.13. The van der Waals surface area contributed by atoms with Crippen LogP contribution in [-0.2, 0) is 6.42 Å². The topological polar surface area (TPSA) is 45.2 Å². The van der Waals surface area contributed by atoms with E-state index in [0.717, 1.165) is 31.5 Å². The van der Waals surface area contributed by atoms with Crippen molar-refractivity contribution in [1.82, 2.24) is 15.2 Å². The molecule has 0 radical (unpaired) electrons. The largest absolute Gasteiger partial charge is 0.338 e. The lowest BCUT2D eigenvalue weighted by atomic mass is 10.2. The Balaban J connectivity index is 2.24. The third-order valence-corrected chi connectivity index (χ3v) is 2.58. The molecular weight excluding hydrogens is 214 g/mol. The van der Waals surface area contributed by atoms with Crippen molar-refractivity contribution in [3.63, 3.8) is 0 Å². The quantitative estimate of drug-likeness (QED) is 0.767. The summed E-state index contributed by atoms with van der Waals surface area (Å²) in [7, 11) is 1.81. The monoisotopic (exact) mass is 235 g/mol. The van der Waals surface area contributed by atoms with Crippen LogP contribution in [0, 0.1) is 0 Å². The maximum atomic E-state index is 11.6. The van der Waals surface area contributed by atoms with E-state index in [2.05, 4.69) is 17.2 Å². The lowest BCUT2D eigenvalue weighted by Crippen LogP contribution is -2.38. The molecule has 2 amide bonds. The van der Waals surface area contributed by atoms with E-state index in [1.807, 2.05) is 25.2 Å². The molecular formula is C13H21N3O. The van der Waals surface area contributed by atoms with Gasteiger partial charge in [0.15, 0.2) is 0 Å². The third-order valence-electron chi connectivity index (χ3n) is 2.58. The number of nitrogens with zero attached hydrogens (tertiary/aromatic N) is 2. The molecule has 0 aliphatic rings. The number of hydrogen-bond acceptors (Lipinski definition) is 2. The highest BCUT2D eigenvalue weighted by Crippen LogP contribution is 1.96. The predicted molar refractivity (Wildman–Crippen MR) is 68.9 cm³/mol. The molecule has 0 unspecified atom stereocenters. The second-order valence-corrected chi connectivity index (χ2v) is 4.08. The SMILES string of the molecule is CCCCNC(=O)N(C)CCc1ccccn1. The van der Waals surface area contributed by atoms with Gasteiger partial charge in [0.2, 0.25) is 0 Å². The normalized spacial score (nSPS) is 10.0. The number of amides is 2. The van der Waals surface area contributed by atoms with Crippen LogP contribution >= 0.6 is 0 Å². The van der Waals surface area contributed by atoms with Gasteiger partial charge in [-0.05, 0) is 18.6 Å². The van der Waals surface area contributed by atoms with Crippen LogP contribution in [0.2, 0.25) is 0 Å². The summed E-state index contributed by atoms with van der Waals surface area (Å²) in [6.07, 6.45) is 4.69. The lowest BCUT2D eigenvalue weighted by Gasteiger charge is -2.17. The Labute approximate surface area is 103 Å². The number of hydrogen-bond donors (Lipinski definition) is 1. The van der Waals surface area contributed by atoms with Gasteiger partial charge < -0.3 is 10.2 Å². The van der Waals surface area contributed by atoms with Crippen molar-refractivity contribution in [1.29, 1.82) is 0 Å². The number of carbonyl (C=O) groups excluding carboxylic acids is 1. The molecule has 0 saturated carbocycles. The average Bonchev–Trinajstić information content (AvgIpc) is 2.37. The zero-order valence-corrected chi connectivity index (χ0v) is 10.6. The van der Waals surface area contributed by atoms with E-state index in [4.69, 9.17) is 0 Å². The van der Waals surface area contributed by atoms with Crippen molar-refractivity contribution < 1.29 is 4.79 Å². The van der Waals surface area contributed by atoms with Crippen LogP contribution in [0.4, 0.5) is 4.79 Å². The van der Waals surface area contributed by atoms with Gasteiger partial charge in [0.05, 0.1) is 0 Å². The molecule has 4 heteroatoms. The second-order valence-electron chi connectivity index (χ2n) is 4.08. The highest BCUT2D eigenvalue weighted by molar-refractivity contribution is 5.73. The maximum Gasteiger partial charge on any atom is 0.317 e. The Hall–Kier alpha value is -1.58. The smallest absolute Gasteiger partial charge is 0.317 e. The van der Waals surface area contributed by atoms with E-state index in [-0.39, 0.29) is 6.03 Å². The van der Waals surface area contributed by atoms with Crippen molar-refractivity contribution >= 4 is 6.03 Å². The van der Waals surface area contributed by atoms with Crippen LogP contribution in [0.5, 0.6) is 0 Å². The first-order chi connectivity index (χ1) is 8.24.